The molecule has 8 heteroatoms. The number of aryl methyl sites for hydroxylation is 1. The van der Waals surface area contributed by atoms with Gasteiger partial charge in [0, 0.05) is 23.7 Å². The van der Waals surface area contributed by atoms with Crippen molar-refractivity contribution in [2.45, 2.75) is 24.8 Å². The first-order valence-corrected chi connectivity index (χ1v) is 10.9. The van der Waals surface area contributed by atoms with Crippen LogP contribution in [-0.2, 0) is 14.8 Å². The Kier molecular flexibility index (Phi) is 6.40. The first kappa shape index (κ1) is 20.8. The largest absolute Gasteiger partial charge is 0.379 e. The summed E-state index contributed by atoms with van der Waals surface area (Å²) in [6, 6.07) is 11.6. The molecule has 1 saturated heterocycles. The van der Waals surface area contributed by atoms with Crippen molar-refractivity contribution in [3.8, 4) is 0 Å². The van der Waals surface area contributed by atoms with E-state index in [0.29, 0.717) is 42.5 Å². The predicted octanol–water partition coefficient (Wildman–Crippen LogP) is 3.16. The number of hydrogen-bond acceptors (Lipinski definition) is 4. The van der Waals surface area contributed by atoms with E-state index in [1.807, 2.05) is 25.1 Å². The molecule has 1 atom stereocenters. The van der Waals surface area contributed by atoms with Crippen molar-refractivity contribution in [2.24, 2.45) is 0 Å². The van der Waals surface area contributed by atoms with Crippen molar-refractivity contribution in [2.75, 3.05) is 26.3 Å². The van der Waals surface area contributed by atoms with Crippen LogP contribution in [0.15, 0.2) is 47.4 Å². The fraction of sp³-hybridized carbons (Fsp3) is 0.350. The molecule has 0 aliphatic carbocycles. The average Bonchev–Trinajstić information content (AvgIpc) is 2.69. The maximum atomic E-state index is 12.9. The first-order valence-electron chi connectivity index (χ1n) is 9.04. The minimum absolute atomic E-state index is 0.107. The van der Waals surface area contributed by atoms with E-state index in [9.17, 15) is 13.2 Å². The number of nitrogens with one attached hydrogen (secondary N) is 1. The lowest BCUT2D eigenvalue weighted by Crippen LogP contribution is -2.40. The van der Waals surface area contributed by atoms with E-state index < -0.39 is 10.0 Å². The summed E-state index contributed by atoms with van der Waals surface area (Å²) in [6.45, 7) is 4.97. The summed E-state index contributed by atoms with van der Waals surface area (Å²) < 4.78 is 32.4. The van der Waals surface area contributed by atoms with Crippen molar-refractivity contribution in [1.29, 1.82) is 0 Å². The van der Waals surface area contributed by atoms with Gasteiger partial charge in [-0.05, 0) is 43.2 Å². The van der Waals surface area contributed by atoms with Crippen molar-refractivity contribution in [1.82, 2.24) is 9.62 Å². The topological polar surface area (TPSA) is 75.7 Å². The number of rotatable bonds is 5. The Morgan fingerprint density at radius 2 is 1.86 bits per heavy atom. The second-order valence-electron chi connectivity index (χ2n) is 6.71. The second-order valence-corrected chi connectivity index (χ2v) is 9.05. The summed E-state index contributed by atoms with van der Waals surface area (Å²) in [5.74, 6) is -0.344. The summed E-state index contributed by atoms with van der Waals surface area (Å²) in [5, 5.41) is 3.47. The van der Waals surface area contributed by atoms with Crippen LogP contribution in [0.5, 0.6) is 0 Å². The predicted molar refractivity (Wildman–Crippen MR) is 108 cm³/mol. The molecule has 2 aromatic carbocycles. The van der Waals surface area contributed by atoms with Crippen LogP contribution in [0.3, 0.4) is 0 Å². The lowest BCUT2D eigenvalue weighted by molar-refractivity contribution is 0.0730. The van der Waals surface area contributed by atoms with Gasteiger partial charge in [-0.2, -0.15) is 4.31 Å². The fourth-order valence-electron chi connectivity index (χ4n) is 3.12. The lowest BCUT2D eigenvalue weighted by Gasteiger charge is -2.26. The second kappa shape index (κ2) is 8.61. The zero-order valence-corrected chi connectivity index (χ0v) is 17.4. The fourth-order valence-corrected chi connectivity index (χ4v) is 4.85. The molecule has 1 aliphatic rings. The van der Waals surface area contributed by atoms with Crippen molar-refractivity contribution >= 4 is 27.5 Å². The molecule has 1 amide bonds. The van der Waals surface area contributed by atoms with E-state index in [1.165, 1.54) is 16.4 Å². The van der Waals surface area contributed by atoms with Gasteiger partial charge in [0.15, 0.2) is 0 Å². The molecule has 1 unspecified atom stereocenters. The highest BCUT2D eigenvalue weighted by Gasteiger charge is 2.27. The Hall–Kier alpha value is -1.93. The summed E-state index contributed by atoms with van der Waals surface area (Å²) >= 11 is 6.20. The quantitative estimate of drug-likeness (QED) is 0.803. The maximum Gasteiger partial charge on any atom is 0.252 e. The Bertz CT molecular complexity index is 972. The number of carbonyl (C=O) groups excluding carboxylic acids is 1. The molecule has 1 N–H and O–H groups in total. The van der Waals surface area contributed by atoms with Crippen molar-refractivity contribution in [3.63, 3.8) is 0 Å². The van der Waals surface area contributed by atoms with Crippen LogP contribution in [0.25, 0.3) is 0 Å². The van der Waals surface area contributed by atoms with Gasteiger partial charge < -0.3 is 10.1 Å². The van der Waals surface area contributed by atoms with Gasteiger partial charge in [0.25, 0.3) is 5.91 Å². The highest BCUT2D eigenvalue weighted by atomic mass is 35.5. The van der Waals surface area contributed by atoms with Crippen LogP contribution in [0.1, 0.15) is 34.5 Å². The van der Waals surface area contributed by atoms with Gasteiger partial charge in [0.2, 0.25) is 10.0 Å². The van der Waals surface area contributed by atoms with Gasteiger partial charge in [0.05, 0.1) is 24.2 Å². The van der Waals surface area contributed by atoms with Crippen LogP contribution in [-0.4, -0.2) is 44.9 Å². The summed E-state index contributed by atoms with van der Waals surface area (Å²) in [7, 11) is -3.67. The number of amides is 1. The van der Waals surface area contributed by atoms with E-state index in [-0.39, 0.29) is 16.8 Å². The molecule has 0 spiro atoms. The van der Waals surface area contributed by atoms with E-state index in [0.717, 1.165) is 5.56 Å². The standard InChI is InChI=1S/C20H23ClN2O4S/c1-14-7-8-16(28(25,26)23-9-11-27-12-10-23)13-18(14)20(24)22-15(2)17-5-3-4-6-19(17)21/h3-8,13,15H,9-12H2,1-2H3,(H,22,24). The minimum atomic E-state index is -3.67. The summed E-state index contributed by atoms with van der Waals surface area (Å²) in [5.41, 5.74) is 1.82. The molecule has 6 nitrogen and oxygen atoms in total. The molecule has 0 saturated carbocycles. The summed E-state index contributed by atoms with van der Waals surface area (Å²) in [4.78, 5) is 12.9. The molecule has 150 valence electrons. The Morgan fingerprint density at radius 3 is 2.54 bits per heavy atom. The zero-order chi connectivity index (χ0) is 20.3. The molecular weight excluding hydrogens is 400 g/mol. The van der Waals surface area contributed by atoms with Gasteiger partial charge >= 0.3 is 0 Å². The van der Waals surface area contributed by atoms with Gasteiger partial charge in [-0.25, -0.2) is 8.42 Å². The van der Waals surface area contributed by atoms with Gasteiger partial charge in [0.1, 0.15) is 0 Å². The highest BCUT2D eigenvalue weighted by molar-refractivity contribution is 7.89. The number of morpholine rings is 1. The smallest absolute Gasteiger partial charge is 0.252 e. The lowest BCUT2D eigenvalue weighted by atomic mass is 10.1. The molecule has 1 fully saturated rings. The Morgan fingerprint density at radius 1 is 1.18 bits per heavy atom. The average molecular weight is 423 g/mol. The maximum absolute atomic E-state index is 12.9. The number of nitrogens with zero attached hydrogens (tertiary/aromatic N) is 1. The molecule has 3 rings (SSSR count). The molecule has 28 heavy (non-hydrogen) atoms. The normalized spacial score (nSPS) is 16.5. The van der Waals surface area contributed by atoms with Gasteiger partial charge in [-0.1, -0.05) is 35.9 Å². The third kappa shape index (κ3) is 4.38. The number of carbonyl (C=O) groups is 1. The van der Waals surface area contributed by atoms with Crippen LogP contribution in [0.4, 0.5) is 0 Å². The third-order valence-corrected chi connectivity index (χ3v) is 7.02. The van der Waals surface area contributed by atoms with E-state index >= 15 is 0 Å². The third-order valence-electron chi connectivity index (χ3n) is 4.78. The molecule has 0 radical (unpaired) electrons. The molecule has 0 aromatic heterocycles. The first-order chi connectivity index (χ1) is 13.3. The van der Waals surface area contributed by atoms with E-state index in [4.69, 9.17) is 16.3 Å². The molecule has 0 bridgehead atoms. The molecule has 1 aliphatic heterocycles. The van der Waals surface area contributed by atoms with Gasteiger partial charge in [-0.3, -0.25) is 4.79 Å². The Balaban J connectivity index is 1.85. The van der Waals surface area contributed by atoms with E-state index in [1.54, 1.807) is 19.1 Å². The van der Waals surface area contributed by atoms with E-state index in [2.05, 4.69) is 5.32 Å². The SMILES string of the molecule is Cc1ccc(S(=O)(=O)N2CCOCC2)cc1C(=O)NC(C)c1ccccc1Cl. The van der Waals surface area contributed by atoms with Crippen LogP contribution in [0, 0.1) is 6.92 Å². The summed E-state index contributed by atoms with van der Waals surface area (Å²) in [6.07, 6.45) is 0. The molecule has 2 aromatic rings. The zero-order valence-electron chi connectivity index (χ0n) is 15.8. The van der Waals surface area contributed by atoms with Crippen molar-refractivity contribution in [3.05, 3.63) is 64.2 Å². The van der Waals surface area contributed by atoms with Gasteiger partial charge in [-0.15, -0.1) is 0 Å². The van der Waals surface area contributed by atoms with Crippen LogP contribution >= 0.6 is 11.6 Å². The molecular formula is C20H23ClN2O4S. The Labute approximate surface area is 170 Å². The molecule has 1 heterocycles. The van der Waals surface area contributed by atoms with Crippen molar-refractivity contribution < 1.29 is 17.9 Å². The number of ether oxygens (including phenoxy) is 1. The van der Waals surface area contributed by atoms with Crippen LogP contribution in [0.2, 0.25) is 5.02 Å². The number of benzene rings is 2. The number of sulfonamides is 1. The highest BCUT2D eigenvalue weighted by Crippen LogP contribution is 2.24. The van der Waals surface area contributed by atoms with Crippen LogP contribution < -0.4 is 5.32 Å². The number of halogens is 1. The monoisotopic (exact) mass is 422 g/mol. The minimum Gasteiger partial charge on any atom is -0.379 e. The number of hydrogen-bond donors (Lipinski definition) is 1.